The van der Waals surface area contributed by atoms with Crippen LogP contribution in [-0.2, 0) is 4.79 Å². The van der Waals surface area contributed by atoms with Gasteiger partial charge < -0.3 is 10.1 Å². The highest BCUT2D eigenvalue weighted by molar-refractivity contribution is 5.84. The molecule has 0 radical (unpaired) electrons. The SMILES string of the molecule is CC(Oc1ccc2ccccc2c1)C(=O)N[C@@H](C)c1ccccc1. The Labute approximate surface area is 142 Å². The highest BCUT2D eigenvalue weighted by Gasteiger charge is 2.17. The van der Waals surface area contributed by atoms with Gasteiger partial charge in [0.05, 0.1) is 6.04 Å². The zero-order valence-corrected chi connectivity index (χ0v) is 13.9. The van der Waals surface area contributed by atoms with Crippen LogP contribution >= 0.6 is 0 Å². The van der Waals surface area contributed by atoms with E-state index in [2.05, 4.69) is 11.4 Å². The third-order valence-electron chi connectivity index (χ3n) is 4.06. The Bertz CT molecular complexity index is 829. The predicted molar refractivity (Wildman–Crippen MR) is 97.0 cm³/mol. The van der Waals surface area contributed by atoms with E-state index < -0.39 is 6.10 Å². The van der Waals surface area contributed by atoms with Gasteiger partial charge in [0, 0.05) is 0 Å². The fraction of sp³-hybridized carbons (Fsp3) is 0.190. The molecule has 1 unspecified atom stereocenters. The molecule has 24 heavy (non-hydrogen) atoms. The molecule has 3 aromatic rings. The Hall–Kier alpha value is -2.81. The number of ether oxygens (including phenoxy) is 1. The van der Waals surface area contributed by atoms with Crippen LogP contribution in [0.4, 0.5) is 0 Å². The summed E-state index contributed by atoms with van der Waals surface area (Å²) < 4.78 is 5.81. The van der Waals surface area contributed by atoms with E-state index in [9.17, 15) is 4.79 Å². The van der Waals surface area contributed by atoms with Gasteiger partial charge in [0.2, 0.25) is 0 Å². The topological polar surface area (TPSA) is 38.3 Å². The fourth-order valence-corrected chi connectivity index (χ4v) is 2.65. The van der Waals surface area contributed by atoms with Crippen molar-refractivity contribution in [2.24, 2.45) is 0 Å². The average molecular weight is 319 g/mol. The van der Waals surface area contributed by atoms with Gasteiger partial charge >= 0.3 is 0 Å². The van der Waals surface area contributed by atoms with Gasteiger partial charge in [-0.05, 0) is 42.3 Å². The molecule has 1 amide bonds. The van der Waals surface area contributed by atoms with Crippen LogP contribution in [0.2, 0.25) is 0 Å². The average Bonchev–Trinajstić information content (AvgIpc) is 2.62. The number of nitrogens with one attached hydrogen (secondary N) is 1. The highest BCUT2D eigenvalue weighted by atomic mass is 16.5. The number of carbonyl (C=O) groups is 1. The largest absolute Gasteiger partial charge is 0.481 e. The molecule has 0 aromatic heterocycles. The van der Waals surface area contributed by atoms with E-state index in [0.717, 1.165) is 16.3 Å². The normalized spacial score (nSPS) is 13.2. The standard InChI is InChI=1S/C21H21NO2/c1-15(17-8-4-3-5-9-17)22-21(23)16(2)24-20-13-12-18-10-6-7-11-19(18)14-20/h3-16H,1-2H3,(H,22,23)/t15-,16?/m0/s1. The summed E-state index contributed by atoms with van der Waals surface area (Å²) in [5.74, 6) is 0.572. The van der Waals surface area contributed by atoms with Crippen LogP contribution in [0.15, 0.2) is 72.8 Å². The molecule has 0 spiro atoms. The zero-order valence-electron chi connectivity index (χ0n) is 13.9. The summed E-state index contributed by atoms with van der Waals surface area (Å²) in [5, 5.41) is 5.24. The van der Waals surface area contributed by atoms with Crippen LogP contribution in [0.5, 0.6) is 5.75 Å². The van der Waals surface area contributed by atoms with Crippen molar-refractivity contribution < 1.29 is 9.53 Å². The smallest absolute Gasteiger partial charge is 0.261 e. The molecule has 3 heteroatoms. The lowest BCUT2D eigenvalue weighted by Gasteiger charge is -2.19. The molecular formula is C21H21NO2. The summed E-state index contributed by atoms with van der Waals surface area (Å²) in [5.41, 5.74) is 1.07. The molecule has 0 bridgehead atoms. The molecule has 0 aliphatic rings. The van der Waals surface area contributed by atoms with Gasteiger partial charge in [0.1, 0.15) is 5.75 Å². The molecule has 1 N–H and O–H groups in total. The van der Waals surface area contributed by atoms with Crippen molar-refractivity contribution in [3.05, 3.63) is 78.4 Å². The number of fused-ring (bicyclic) bond motifs is 1. The second-order valence-corrected chi connectivity index (χ2v) is 5.91. The Morgan fingerprint density at radius 1 is 0.875 bits per heavy atom. The maximum Gasteiger partial charge on any atom is 0.261 e. The van der Waals surface area contributed by atoms with E-state index in [-0.39, 0.29) is 11.9 Å². The molecule has 0 aliphatic carbocycles. The number of amides is 1. The first-order valence-electron chi connectivity index (χ1n) is 8.14. The molecule has 122 valence electrons. The minimum Gasteiger partial charge on any atom is -0.481 e. The van der Waals surface area contributed by atoms with Gasteiger partial charge in [-0.2, -0.15) is 0 Å². The Morgan fingerprint density at radius 3 is 2.29 bits per heavy atom. The van der Waals surface area contributed by atoms with Gasteiger partial charge in [-0.3, -0.25) is 4.79 Å². The first kappa shape index (κ1) is 16.1. The minimum absolute atomic E-state index is 0.0543. The van der Waals surface area contributed by atoms with Crippen molar-refractivity contribution in [1.29, 1.82) is 0 Å². The van der Waals surface area contributed by atoms with Crippen LogP contribution < -0.4 is 10.1 Å². The quantitative estimate of drug-likeness (QED) is 0.753. The van der Waals surface area contributed by atoms with Crippen LogP contribution in [0, 0.1) is 0 Å². The van der Waals surface area contributed by atoms with E-state index in [0.29, 0.717) is 5.75 Å². The molecule has 3 rings (SSSR count). The van der Waals surface area contributed by atoms with E-state index in [4.69, 9.17) is 4.74 Å². The molecule has 0 saturated carbocycles. The predicted octanol–water partition coefficient (Wildman–Crippen LogP) is 4.48. The molecule has 0 fully saturated rings. The van der Waals surface area contributed by atoms with Crippen molar-refractivity contribution >= 4 is 16.7 Å². The lowest BCUT2D eigenvalue weighted by atomic mass is 10.1. The number of hydrogen-bond donors (Lipinski definition) is 1. The number of carbonyl (C=O) groups excluding carboxylic acids is 1. The highest BCUT2D eigenvalue weighted by Crippen LogP contribution is 2.21. The summed E-state index contributed by atoms with van der Waals surface area (Å²) in [6, 6.07) is 23.8. The number of benzene rings is 3. The molecule has 0 saturated heterocycles. The molecule has 3 nitrogen and oxygen atoms in total. The van der Waals surface area contributed by atoms with Crippen LogP contribution in [0.3, 0.4) is 0 Å². The van der Waals surface area contributed by atoms with Gasteiger partial charge in [-0.15, -0.1) is 0 Å². The summed E-state index contributed by atoms with van der Waals surface area (Å²) in [6.45, 7) is 3.73. The van der Waals surface area contributed by atoms with Crippen LogP contribution in [0.25, 0.3) is 10.8 Å². The Balaban J connectivity index is 1.64. The second-order valence-electron chi connectivity index (χ2n) is 5.91. The third-order valence-corrected chi connectivity index (χ3v) is 4.06. The fourth-order valence-electron chi connectivity index (χ4n) is 2.65. The first-order valence-corrected chi connectivity index (χ1v) is 8.14. The second kappa shape index (κ2) is 7.18. The van der Waals surface area contributed by atoms with Crippen molar-refractivity contribution in [1.82, 2.24) is 5.32 Å². The molecule has 2 atom stereocenters. The van der Waals surface area contributed by atoms with E-state index >= 15 is 0 Å². The van der Waals surface area contributed by atoms with Crippen LogP contribution in [0.1, 0.15) is 25.5 Å². The number of rotatable bonds is 5. The van der Waals surface area contributed by atoms with Gasteiger partial charge in [-0.25, -0.2) is 0 Å². The monoisotopic (exact) mass is 319 g/mol. The van der Waals surface area contributed by atoms with Gasteiger partial charge in [0.15, 0.2) is 6.10 Å². The first-order chi connectivity index (χ1) is 11.6. The summed E-state index contributed by atoms with van der Waals surface area (Å²) >= 11 is 0. The molecule has 3 aromatic carbocycles. The summed E-state index contributed by atoms with van der Waals surface area (Å²) in [7, 11) is 0. The lowest BCUT2D eigenvalue weighted by Crippen LogP contribution is -2.37. The van der Waals surface area contributed by atoms with E-state index in [1.54, 1.807) is 6.92 Å². The van der Waals surface area contributed by atoms with Gasteiger partial charge in [-0.1, -0.05) is 60.7 Å². The van der Waals surface area contributed by atoms with Crippen molar-refractivity contribution in [3.63, 3.8) is 0 Å². The van der Waals surface area contributed by atoms with Gasteiger partial charge in [0.25, 0.3) is 5.91 Å². The lowest BCUT2D eigenvalue weighted by molar-refractivity contribution is -0.127. The molecular weight excluding hydrogens is 298 g/mol. The van der Waals surface area contributed by atoms with E-state index in [1.165, 1.54) is 0 Å². The molecule has 0 heterocycles. The van der Waals surface area contributed by atoms with Crippen molar-refractivity contribution in [2.75, 3.05) is 0 Å². The maximum atomic E-state index is 12.4. The molecule has 0 aliphatic heterocycles. The third kappa shape index (κ3) is 3.74. The number of hydrogen-bond acceptors (Lipinski definition) is 2. The van der Waals surface area contributed by atoms with Crippen molar-refractivity contribution in [3.8, 4) is 5.75 Å². The Morgan fingerprint density at radius 2 is 1.54 bits per heavy atom. The summed E-state index contributed by atoms with van der Waals surface area (Å²) in [4.78, 5) is 12.4. The zero-order chi connectivity index (χ0) is 16.9. The Kier molecular flexibility index (Phi) is 4.80. The minimum atomic E-state index is -0.558. The van der Waals surface area contributed by atoms with Crippen molar-refractivity contribution in [2.45, 2.75) is 26.0 Å². The van der Waals surface area contributed by atoms with E-state index in [1.807, 2.05) is 73.7 Å². The van der Waals surface area contributed by atoms with Crippen LogP contribution in [-0.4, -0.2) is 12.0 Å². The maximum absolute atomic E-state index is 12.4. The summed E-state index contributed by atoms with van der Waals surface area (Å²) in [6.07, 6.45) is -0.558.